The smallest absolute Gasteiger partial charge is 0.231 e. The van der Waals surface area contributed by atoms with Crippen molar-refractivity contribution in [1.29, 1.82) is 0 Å². The number of halogens is 1. The highest BCUT2D eigenvalue weighted by molar-refractivity contribution is 9.11. The Bertz CT molecular complexity index is 434. The lowest BCUT2D eigenvalue weighted by Gasteiger charge is -2.09. The van der Waals surface area contributed by atoms with Crippen LogP contribution in [-0.4, -0.2) is 20.4 Å². The summed E-state index contributed by atoms with van der Waals surface area (Å²) in [6, 6.07) is 3.90. The Morgan fingerprint density at radius 1 is 1.53 bits per heavy atom. The molecule has 1 aromatic rings. The molecule has 17 heavy (non-hydrogen) atoms. The molecule has 1 aliphatic heterocycles. The van der Waals surface area contributed by atoms with Gasteiger partial charge < -0.3 is 19.5 Å². The molecule has 0 bridgehead atoms. The number of benzene rings is 1. The number of fused-ring (bicyclic) bond motifs is 1. The van der Waals surface area contributed by atoms with Gasteiger partial charge in [0.2, 0.25) is 12.5 Å². The molecule has 1 aliphatic rings. The minimum absolute atomic E-state index is 0.251. The molecule has 1 heterocycles. The summed E-state index contributed by atoms with van der Waals surface area (Å²) in [5.74, 6) is 2.12. The molecule has 0 unspecified atom stereocenters. The van der Waals surface area contributed by atoms with Gasteiger partial charge in [0.15, 0.2) is 11.5 Å². The first-order chi connectivity index (χ1) is 8.20. The standard InChI is InChI=1S/C12H14BrNO3/c1-8(13)5-14-6-9-3-10(15-2)12-11(4-9)16-7-17-12/h3-4,14H,1,5-7H2,2H3. The predicted molar refractivity (Wildman–Crippen MR) is 68.9 cm³/mol. The number of hydrogen-bond donors (Lipinski definition) is 1. The van der Waals surface area contributed by atoms with E-state index in [2.05, 4.69) is 27.8 Å². The van der Waals surface area contributed by atoms with Gasteiger partial charge in [-0.2, -0.15) is 0 Å². The van der Waals surface area contributed by atoms with Crippen LogP contribution in [0.1, 0.15) is 5.56 Å². The highest BCUT2D eigenvalue weighted by atomic mass is 79.9. The fraction of sp³-hybridized carbons (Fsp3) is 0.333. The molecule has 0 fully saturated rings. The second-order valence-corrected chi connectivity index (χ2v) is 4.77. The number of rotatable bonds is 5. The Labute approximate surface area is 109 Å². The van der Waals surface area contributed by atoms with Crippen LogP contribution < -0.4 is 19.5 Å². The van der Waals surface area contributed by atoms with Crippen molar-refractivity contribution in [3.05, 3.63) is 28.8 Å². The van der Waals surface area contributed by atoms with E-state index in [1.54, 1.807) is 7.11 Å². The average Bonchev–Trinajstić information content (AvgIpc) is 2.75. The van der Waals surface area contributed by atoms with Crippen LogP contribution in [0.2, 0.25) is 0 Å². The van der Waals surface area contributed by atoms with Gasteiger partial charge >= 0.3 is 0 Å². The summed E-state index contributed by atoms with van der Waals surface area (Å²) < 4.78 is 16.9. The summed E-state index contributed by atoms with van der Waals surface area (Å²) in [6.45, 7) is 5.45. The molecule has 1 aromatic carbocycles. The van der Waals surface area contributed by atoms with Crippen molar-refractivity contribution in [2.45, 2.75) is 6.54 Å². The van der Waals surface area contributed by atoms with E-state index in [1.807, 2.05) is 12.1 Å². The van der Waals surface area contributed by atoms with Crippen molar-refractivity contribution < 1.29 is 14.2 Å². The quantitative estimate of drug-likeness (QED) is 0.906. The van der Waals surface area contributed by atoms with Crippen molar-refractivity contribution in [2.24, 2.45) is 0 Å². The van der Waals surface area contributed by atoms with Crippen LogP contribution in [0.4, 0.5) is 0 Å². The van der Waals surface area contributed by atoms with Gasteiger partial charge in [0, 0.05) is 17.6 Å². The van der Waals surface area contributed by atoms with Crippen LogP contribution in [0.25, 0.3) is 0 Å². The Morgan fingerprint density at radius 3 is 3.06 bits per heavy atom. The Morgan fingerprint density at radius 2 is 2.35 bits per heavy atom. The summed E-state index contributed by atoms with van der Waals surface area (Å²) in [4.78, 5) is 0. The SMILES string of the molecule is C=C(Br)CNCc1cc(OC)c2c(c1)OCO2. The molecular formula is C12H14BrNO3. The van der Waals surface area contributed by atoms with Crippen LogP contribution in [0, 0.1) is 0 Å². The lowest BCUT2D eigenvalue weighted by molar-refractivity contribution is 0.171. The zero-order valence-corrected chi connectivity index (χ0v) is 11.2. The van der Waals surface area contributed by atoms with E-state index in [9.17, 15) is 0 Å². The Hall–Kier alpha value is -1.20. The van der Waals surface area contributed by atoms with Crippen LogP contribution >= 0.6 is 15.9 Å². The molecule has 5 heteroatoms. The molecule has 0 saturated heterocycles. The highest BCUT2D eigenvalue weighted by Crippen LogP contribution is 2.41. The molecule has 0 saturated carbocycles. The lowest BCUT2D eigenvalue weighted by atomic mass is 10.2. The molecule has 2 rings (SSSR count). The molecule has 0 aliphatic carbocycles. The molecular weight excluding hydrogens is 286 g/mol. The summed E-state index contributed by atoms with van der Waals surface area (Å²) in [5.41, 5.74) is 1.08. The number of ether oxygens (including phenoxy) is 3. The zero-order chi connectivity index (χ0) is 12.3. The van der Waals surface area contributed by atoms with E-state index in [1.165, 1.54) is 0 Å². The molecule has 0 spiro atoms. The third-order valence-electron chi connectivity index (χ3n) is 2.36. The maximum atomic E-state index is 5.35. The first-order valence-electron chi connectivity index (χ1n) is 5.21. The minimum Gasteiger partial charge on any atom is -0.493 e. The van der Waals surface area contributed by atoms with E-state index >= 15 is 0 Å². The van der Waals surface area contributed by atoms with E-state index in [4.69, 9.17) is 14.2 Å². The fourth-order valence-electron chi connectivity index (χ4n) is 1.63. The summed E-state index contributed by atoms with van der Waals surface area (Å²) in [7, 11) is 1.62. The van der Waals surface area contributed by atoms with Crippen LogP contribution in [0.5, 0.6) is 17.2 Å². The van der Waals surface area contributed by atoms with Gasteiger partial charge in [-0.25, -0.2) is 0 Å². The monoisotopic (exact) mass is 299 g/mol. The number of methoxy groups -OCH3 is 1. The van der Waals surface area contributed by atoms with Gasteiger partial charge in [0.25, 0.3) is 0 Å². The first kappa shape index (κ1) is 12.3. The minimum atomic E-state index is 0.251. The number of nitrogens with one attached hydrogen (secondary N) is 1. The average molecular weight is 300 g/mol. The van der Waals surface area contributed by atoms with Crippen molar-refractivity contribution in [3.63, 3.8) is 0 Å². The molecule has 4 nitrogen and oxygen atoms in total. The lowest BCUT2D eigenvalue weighted by Crippen LogP contribution is -2.14. The Balaban J connectivity index is 2.10. The van der Waals surface area contributed by atoms with Gasteiger partial charge in [0.05, 0.1) is 7.11 Å². The molecule has 92 valence electrons. The maximum Gasteiger partial charge on any atom is 0.231 e. The molecule has 1 N–H and O–H groups in total. The van der Waals surface area contributed by atoms with Crippen molar-refractivity contribution in [3.8, 4) is 17.2 Å². The summed E-state index contributed by atoms with van der Waals surface area (Å²) in [6.07, 6.45) is 0. The van der Waals surface area contributed by atoms with Crippen molar-refractivity contribution in [1.82, 2.24) is 5.32 Å². The molecule has 0 aromatic heterocycles. The highest BCUT2D eigenvalue weighted by Gasteiger charge is 2.19. The second kappa shape index (κ2) is 5.42. The van der Waals surface area contributed by atoms with Gasteiger partial charge in [-0.15, -0.1) is 0 Å². The van der Waals surface area contributed by atoms with E-state index in [-0.39, 0.29) is 6.79 Å². The predicted octanol–water partition coefficient (Wildman–Crippen LogP) is 2.42. The van der Waals surface area contributed by atoms with Crippen LogP contribution in [0.15, 0.2) is 23.2 Å². The van der Waals surface area contributed by atoms with Crippen molar-refractivity contribution in [2.75, 3.05) is 20.4 Å². The topological polar surface area (TPSA) is 39.7 Å². The van der Waals surface area contributed by atoms with Crippen molar-refractivity contribution >= 4 is 15.9 Å². The Kier molecular flexibility index (Phi) is 3.91. The van der Waals surface area contributed by atoms with Crippen LogP contribution in [0.3, 0.4) is 0 Å². The van der Waals surface area contributed by atoms with Gasteiger partial charge in [-0.3, -0.25) is 0 Å². The number of hydrogen-bond acceptors (Lipinski definition) is 4. The van der Waals surface area contributed by atoms with Gasteiger partial charge in [-0.1, -0.05) is 22.5 Å². The van der Waals surface area contributed by atoms with Gasteiger partial charge in [0.1, 0.15) is 0 Å². The largest absolute Gasteiger partial charge is 0.493 e. The normalized spacial score (nSPS) is 12.6. The van der Waals surface area contributed by atoms with E-state index < -0.39 is 0 Å². The molecule has 0 atom stereocenters. The third-order valence-corrected chi connectivity index (χ3v) is 2.64. The van der Waals surface area contributed by atoms with Gasteiger partial charge in [-0.05, 0) is 17.7 Å². The first-order valence-corrected chi connectivity index (χ1v) is 6.00. The maximum absolute atomic E-state index is 5.35. The zero-order valence-electron chi connectivity index (χ0n) is 9.59. The van der Waals surface area contributed by atoms with Crippen LogP contribution in [-0.2, 0) is 6.54 Å². The summed E-state index contributed by atoms with van der Waals surface area (Å²) in [5, 5.41) is 3.25. The second-order valence-electron chi connectivity index (χ2n) is 3.65. The van der Waals surface area contributed by atoms with E-state index in [0.717, 1.165) is 28.9 Å². The van der Waals surface area contributed by atoms with E-state index in [0.29, 0.717) is 11.5 Å². The molecule has 0 radical (unpaired) electrons. The molecule has 0 amide bonds. The summed E-state index contributed by atoms with van der Waals surface area (Å²) >= 11 is 3.30. The fourth-order valence-corrected chi connectivity index (χ4v) is 1.83. The third kappa shape index (κ3) is 2.92.